The molecule has 3 fully saturated rings. The van der Waals surface area contributed by atoms with Crippen LogP contribution in [0.5, 0.6) is 0 Å². The van der Waals surface area contributed by atoms with E-state index in [9.17, 15) is 5.11 Å². The lowest BCUT2D eigenvalue weighted by Crippen LogP contribution is -2.50. The highest BCUT2D eigenvalue weighted by Gasteiger charge is 2.62. The summed E-state index contributed by atoms with van der Waals surface area (Å²) in [5.74, 6) is 4.27. The minimum atomic E-state index is 0.422. The van der Waals surface area contributed by atoms with Gasteiger partial charge in [0.15, 0.2) is 0 Å². The highest BCUT2D eigenvalue weighted by molar-refractivity contribution is 5.31. The summed E-state index contributed by atoms with van der Waals surface area (Å²) in [5, 5.41) is 9.79. The number of aliphatic hydroxyl groups is 1. The zero-order valence-corrected chi connectivity index (χ0v) is 13.7. The summed E-state index contributed by atoms with van der Waals surface area (Å²) < 4.78 is 5.75. The van der Waals surface area contributed by atoms with Crippen LogP contribution in [0.15, 0.2) is 16.7 Å². The van der Waals surface area contributed by atoms with Crippen LogP contribution in [-0.2, 0) is 6.42 Å². The third-order valence-corrected chi connectivity index (χ3v) is 8.37. The van der Waals surface area contributed by atoms with Gasteiger partial charge in [0.25, 0.3) is 0 Å². The molecule has 1 aromatic heterocycles. The molecule has 1 aromatic rings. The lowest BCUT2D eigenvalue weighted by atomic mass is 9.45. The predicted molar refractivity (Wildman–Crippen MR) is 85.6 cm³/mol. The van der Waals surface area contributed by atoms with E-state index in [-0.39, 0.29) is 0 Å². The molecule has 0 radical (unpaired) electrons. The molecule has 5 rings (SSSR count). The van der Waals surface area contributed by atoms with Gasteiger partial charge in [-0.15, -0.1) is 0 Å². The third-order valence-electron chi connectivity index (χ3n) is 8.37. The number of aryl methyl sites for hydroxylation is 1. The maximum atomic E-state index is 9.79. The van der Waals surface area contributed by atoms with Gasteiger partial charge in [0.2, 0.25) is 0 Å². The average molecular weight is 300 g/mol. The summed E-state index contributed by atoms with van der Waals surface area (Å²) >= 11 is 0. The van der Waals surface area contributed by atoms with Crippen molar-refractivity contribution < 1.29 is 9.52 Å². The molecule has 1 spiro atoms. The van der Waals surface area contributed by atoms with E-state index in [4.69, 9.17) is 4.42 Å². The lowest BCUT2D eigenvalue weighted by Gasteiger charge is -2.59. The molecule has 6 atom stereocenters. The predicted octanol–water partition coefficient (Wildman–Crippen LogP) is 4.52. The normalized spacial score (nSPS) is 49.4. The Balaban J connectivity index is 1.55. The smallest absolute Gasteiger partial charge is 0.107 e. The first-order valence-electron chi connectivity index (χ1n) is 9.33. The number of hydrogen-bond acceptors (Lipinski definition) is 2. The molecule has 0 saturated heterocycles. The molecule has 1 heterocycles. The molecular formula is C20H28O2. The average Bonchev–Trinajstić information content (AvgIpc) is 3.09. The van der Waals surface area contributed by atoms with E-state index in [0.717, 1.165) is 24.2 Å². The van der Waals surface area contributed by atoms with Crippen LogP contribution in [0.1, 0.15) is 69.1 Å². The fourth-order valence-corrected chi connectivity index (χ4v) is 7.50. The molecule has 0 amide bonds. The van der Waals surface area contributed by atoms with Crippen LogP contribution in [0.4, 0.5) is 0 Å². The Morgan fingerprint density at radius 3 is 3.00 bits per heavy atom. The van der Waals surface area contributed by atoms with Gasteiger partial charge in [-0.3, -0.25) is 0 Å². The standard InChI is InChI=1S/C20H28O2/c1-19-7-5-17-15(6-9-22-17)16(19)4-8-20-10-13(2-3-18(19)20)14(11-20)12-21/h6,9,13-14,16,18,21H,2-5,7-8,10-12H2,1H3. The largest absolute Gasteiger partial charge is 0.469 e. The molecule has 0 aromatic carbocycles. The molecule has 2 nitrogen and oxygen atoms in total. The second-order valence-electron chi connectivity index (χ2n) is 9.00. The summed E-state index contributed by atoms with van der Waals surface area (Å²) in [5.41, 5.74) is 2.55. The molecule has 120 valence electrons. The second kappa shape index (κ2) is 4.41. The Hall–Kier alpha value is -0.760. The number of furan rings is 1. The van der Waals surface area contributed by atoms with Crippen molar-refractivity contribution in [2.24, 2.45) is 28.6 Å². The van der Waals surface area contributed by atoms with Crippen LogP contribution >= 0.6 is 0 Å². The zero-order valence-electron chi connectivity index (χ0n) is 13.7. The van der Waals surface area contributed by atoms with E-state index >= 15 is 0 Å². The van der Waals surface area contributed by atoms with Crippen LogP contribution in [0.2, 0.25) is 0 Å². The molecule has 4 aliphatic carbocycles. The summed E-state index contributed by atoms with van der Waals surface area (Å²) in [6.07, 6.45) is 12.5. The van der Waals surface area contributed by atoms with Crippen molar-refractivity contribution in [2.75, 3.05) is 6.61 Å². The molecule has 3 saturated carbocycles. The first-order chi connectivity index (χ1) is 10.7. The Morgan fingerprint density at radius 2 is 2.14 bits per heavy atom. The number of hydrogen-bond donors (Lipinski definition) is 1. The first kappa shape index (κ1) is 13.7. The van der Waals surface area contributed by atoms with Gasteiger partial charge < -0.3 is 9.52 Å². The van der Waals surface area contributed by atoms with E-state index in [1.165, 1.54) is 56.3 Å². The monoisotopic (exact) mass is 300 g/mol. The van der Waals surface area contributed by atoms with Crippen LogP contribution in [0, 0.1) is 28.6 Å². The molecule has 1 N–H and O–H groups in total. The van der Waals surface area contributed by atoms with E-state index in [1.807, 2.05) is 6.26 Å². The van der Waals surface area contributed by atoms with Crippen LogP contribution < -0.4 is 0 Å². The number of fused-ring (bicyclic) bond motifs is 5. The number of aliphatic hydroxyl groups excluding tert-OH is 1. The first-order valence-corrected chi connectivity index (χ1v) is 9.33. The van der Waals surface area contributed by atoms with Crippen LogP contribution in [0.25, 0.3) is 0 Å². The molecule has 6 unspecified atom stereocenters. The number of rotatable bonds is 1. The van der Waals surface area contributed by atoms with Gasteiger partial charge in [-0.1, -0.05) is 6.92 Å². The van der Waals surface area contributed by atoms with E-state index in [2.05, 4.69) is 13.0 Å². The van der Waals surface area contributed by atoms with Crippen LogP contribution in [0.3, 0.4) is 0 Å². The zero-order chi connectivity index (χ0) is 14.9. The van der Waals surface area contributed by atoms with E-state index in [1.54, 1.807) is 0 Å². The minimum Gasteiger partial charge on any atom is -0.469 e. The van der Waals surface area contributed by atoms with Crippen molar-refractivity contribution in [3.8, 4) is 0 Å². The molecule has 0 aliphatic heterocycles. The fraction of sp³-hybridized carbons (Fsp3) is 0.800. The summed E-state index contributed by atoms with van der Waals surface area (Å²) in [7, 11) is 0. The van der Waals surface area contributed by atoms with Gasteiger partial charge in [0, 0.05) is 13.0 Å². The molecule has 22 heavy (non-hydrogen) atoms. The van der Waals surface area contributed by atoms with Gasteiger partial charge in [0.05, 0.1) is 6.26 Å². The second-order valence-corrected chi connectivity index (χ2v) is 9.00. The van der Waals surface area contributed by atoms with Crippen molar-refractivity contribution in [1.29, 1.82) is 0 Å². The van der Waals surface area contributed by atoms with Crippen LogP contribution in [-0.4, -0.2) is 11.7 Å². The van der Waals surface area contributed by atoms with Crippen molar-refractivity contribution in [2.45, 2.75) is 64.2 Å². The van der Waals surface area contributed by atoms with E-state index < -0.39 is 0 Å². The van der Waals surface area contributed by atoms with Gasteiger partial charge in [-0.25, -0.2) is 0 Å². The fourth-order valence-electron chi connectivity index (χ4n) is 7.50. The van der Waals surface area contributed by atoms with Crippen molar-refractivity contribution >= 4 is 0 Å². The quantitative estimate of drug-likeness (QED) is 0.827. The Morgan fingerprint density at radius 1 is 1.23 bits per heavy atom. The maximum absolute atomic E-state index is 9.79. The van der Waals surface area contributed by atoms with Gasteiger partial charge >= 0.3 is 0 Å². The third kappa shape index (κ3) is 1.55. The molecule has 2 heteroatoms. The van der Waals surface area contributed by atoms with Gasteiger partial charge in [-0.2, -0.15) is 0 Å². The molecule has 4 aliphatic rings. The van der Waals surface area contributed by atoms with Gasteiger partial charge in [-0.05, 0) is 91.1 Å². The summed E-state index contributed by atoms with van der Waals surface area (Å²) in [6, 6.07) is 2.26. The highest BCUT2D eigenvalue weighted by Crippen LogP contribution is 2.71. The summed E-state index contributed by atoms with van der Waals surface area (Å²) in [4.78, 5) is 0. The Bertz CT molecular complexity index is 590. The van der Waals surface area contributed by atoms with Crippen molar-refractivity contribution in [3.05, 3.63) is 23.7 Å². The Kier molecular flexibility index (Phi) is 2.74. The minimum absolute atomic E-state index is 0.422. The van der Waals surface area contributed by atoms with Gasteiger partial charge in [0.1, 0.15) is 5.76 Å². The highest BCUT2D eigenvalue weighted by atomic mass is 16.3. The molecule has 2 bridgehead atoms. The Labute approximate surface area is 133 Å². The van der Waals surface area contributed by atoms with E-state index in [0.29, 0.717) is 23.4 Å². The summed E-state index contributed by atoms with van der Waals surface area (Å²) in [6.45, 7) is 3.01. The van der Waals surface area contributed by atoms with Crippen molar-refractivity contribution in [1.82, 2.24) is 0 Å². The SMILES string of the molecule is CC12CCc3occc3C1CCC13CC(CO)C(CCC12)C3. The molecular weight excluding hydrogens is 272 g/mol. The maximum Gasteiger partial charge on any atom is 0.107 e. The topological polar surface area (TPSA) is 33.4 Å². The lowest BCUT2D eigenvalue weighted by molar-refractivity contribution is -0.0694. The van der Waals surface area contributed by atoms with Crippen molar-refractivity contribution in [3.63, 3.8) is 0 Å².